The van der Waals surface area contributed by atoms with Crippen molar-refractivity contribution in [2.45, 2.75) is 32.3 Å². The lowest BCUT2D eigenvalue weighted by Gasteiger charge is -2.13. The van der Waals surface area contributed by atoms with E-state index >= 15 is 0 Å². The summed E-state index contributed by atoms with van der Waals surface area (Å²) in [6.45, 7) is 1.98. The first-order valence-corrected chi connectivity index (χ1v) is 9.09. The van der Waals surface area contributed by atoms with Crippen molar-refractivity contribution in [1.29, 1.82) is 0 Å². The summed E-state index contributed by atoms with van der Waals surface area (Å²) in [4.78, 5) is 8.42. The van der Waals surface area contributed by atoms with Gasteiger partial charge in [-0.15, -0.1) is 0 Å². The highest BCUT2D eigenvalue weighted by molar-refractivity contribution is 5.69. The molecule has 3 aromatic rings. The summed E-state index contributed by atoms with van der Waals surface area (Å²) in [6, 6.07) is 13.5. The normalized spacial score (nSPS) is 11.8. The molecule has 0 saturated carbocycles. The van der Waals surface area contributed by atoms with Crippen LogP contribution in [0.1, 0.15) is 25.3 Å². The fourth-order valence-electron chi connectivity index (χ4n) is 2.83. The summed E-state index contributed by atoms with van der Waals surface area (Å²) < 4.78 is 11.4. The molecule has 0 spiro atoms. The number of rotatable bonds is 8. The average Bonchev–Trinajstić information content (AvgIpc) is 2.73. The molecule has 0 amide bonds. The molecule has 5 nitrogen and oxygen atoms in total. The van der Waals surface area contributed by atoms with Gasteiger partial charge < -0.3 is 14.6 Å². The molecule has 0 aliphatic rings. The third-order valence-corrected chi connectivity index (χ3v) is 4.43. The second-order valence-electron chi connectivity index (χ2n) is 6.27. The van der Waals surface area contributed by atoms with Crippen LogP contribution in [0.25, 0.3) is 11.1 Å². The number of pyridine rings is 2. The summed E-state index contributed by atoms with van der Waals surface area (Å²) in [5.74, 6) is 2.10. The number of hydrogen-bond donors (Lipinski definition) is 1. The molecule has 1 unspecified atom stereocenters. The number of methoxy groups -OCH3 is 1. The first kappa shape index (κ1) is 18.9. The van der Waals surface area contributed by atoms with Crippen LogP contribution < -0.4 is 9.47 Å². The lowest BCUT2D eigenvalue weighted by atomic mass is 10.1. The SMILES string of the molecule is CCC(O)CCc1cnccc1Oc1ccc(-c2cccnc2OC)cc1. The molecular formula is C22H24N2O3. The lowest BCUT2D eigenvalue weighted by molar-refractivity contribution is 0.160. The second kappa shape index (κ2) is 9.14. The first-order chi connectivity index (χ1) is 13.2. The molecule has 27 heavy (non-hydrogen) atoms. The lowest BCUT2D eigenvalue weighted by Crippen LogP contribution is -2.06. The first-order valence-electron chi connectivity index (χ1n) is 9.09. The van der Waals surface area contributed by atoms with E-state index in [9.17, 15) is 5.11 Å². The number of hydrogen-bond acceptors (Lipinski definition) is 5. The maximum Gasteiger partial charge on any atom is 0.221 e. The van der Waals surface area contributed by atoms with Gasteiger partial charge >= 0.3 is 0 Å². The number of aliphatic hydroxyl groups excluding tert-OH is 1. The number of benzene rings is 1. The Morgan fingerprint density at radius 1 is 1.07 bits per heavy atom. The molecule has 3 rings (SSSR count). The monoisotopic (exact) mass is 364 g/mol. The molecule has 0 radical (unpaired) electrons. The maximum absolute atomic E-state index is 9.80. The van der Waals surface area contributed by atoms with Gasteiger partial charge in [0.1, 0.15) is 11.5 Å². The van der Waals surface area contributed by atoms with Crippen LogP contribution in [0.3, 0.4) is 0 Å². The van der Waals surface area contributed by atoms with Crippen LogP contribution in [0.5, 0.6) is 17.4 Å². The number of aromatic nitrogens is 2. The van der Waals surface area contributed by atoms with Gasteiger partial charge in [-0.25, -0.2) is 4.98 Å². The fraction of sp³-hybridized carbons (Fsp3) is 0.273. The Balaban J connectivity index is 1.76. The molecule has 0 saturated heterocycles. The van der Waals surface area contributed by atoms with Crippen molar-refractivity contribution >= 4 is 0 Å². The van der Waals surface area contributed by atoms with Gasteiger partial charge in [0.2, 0.25) is 5.88 Å². The van der Waals surface area contributed by atoms with Crippen molar-refractivity contribution in [2.24, 2.45) is 0 Å². The summed E-state index contributed by atoms with van der Waals surface area (Å²) in [5, 5.41) is 9.80. The fourth-order valence-corrected chi connectivity index (χ4v) is 2.83. The van der Waals surface area contributed by atoms with Gasteiger partial charge in [0.05, 0.1) is 13.2 Å². The van der Waals surface area contributed by atoms with E-state index in [1.54, 1.807) is 25.7 Å². The Kier molecular flexibility index (Phi) is 6.39. The molecule has 0 aliphatic carbocycles. The van der Waals surface area contributed by atoms with E-state index in [4.69, 9.17) is 9.47 Å². The van der Waals surface area contributed by atoms with Crippen molar-refractivity contribution in [3.05, 3.63) is 66.6 Å². The van der Waals surface area contributed by atoms with Crippen LogP contribution in [0.2, 0.25) is 0 Å². The van der Waals surface area contributed by atoms with Crippen LogP contribution in [0.15, 0.2) is 61.1 Å². The topological polar surface area (TPSA) is 64.5 Å². The number of ether oxygens (including phenoxy) is 2. The minimum absolute atomic E-state index is 0.299. The van der Waals surface area contributed by atoms with Crippen LogP contribution >= 0.6 is 0 Å². The standard InChI is InChI=1S/C22H24N2O3/c1-3-18(25)9-6-17-15-23-14-12-21(17)27-19-10-7-16(8-11-19)20-5-4-13-24-22(20)26-2/h4-5,7-8,10-15,18,25H,3,6,9H2,1-2H3. The van der Waals surface area contributed by atoms with Gasteiger partial charge in [0.15, 0.2) is 0 Å². The Morgan fingerprint density at radius 3 is 2.63 bits per heavy atom. The molecule has 140 valence electrons. The van der Waals surface area contributed by atoms with Crippen molar-refractivity contribution in [3.8, 4) is 28.5 Å². The van der Waals surface area contributed by atoms with Crippen molar-refractivity contribution in [3.63, 3.8) is 0 Å². The summed E-state index contributed by atoms with van der Waals surface area (Å²) in [6.07, 6.45) is 7.08. The van der Waals surface area contributed by atoms with Crippen LogP contribution in [-0.2, 0) is 6.42 Å². The number of nitrogens with zero attached hydrogens (tertiary/aromatic N) is 2. The van der Waals surface area contributed by atoms with E-state index in [0.29, 0.717) is 12.3 Å². The van der Waals surface area contributed by atoms with Crippen LogP contribution in [-0.4, -0.2) is 28.3 Å². The third-order valence-electron chi connectivity index (χ3n) is 4.43. The molecule has 2 heterocycles. The van der Waals surface area contributed by atoms with E-state index in [1.807, 2.05) is 49.4 Å². The highest BCUT2D eigenvalue weighted by Crippen LogP contribution is 2.31. The molecular weight excluding hydrogens is 340 g/mol. The molecule has 2 aromatic heterocycles. The van der Waals surface area contributed by atoms with Crippen LogP contribution in [0.4, 0.5) is 0 Å². The zero-order valence-corrected chi connectivity index (χ0v) is 15.6. The Hall–Kier alpha value is -2.92. The predicted octanol–water partition coefficient (Wildman–Crippen LogP) is 4.65. The van der Waals surface area contributed by atoms with E-state index in [-0.39, 0.29) is 6.10 Å². The van der Waals surface area contributed by atoms with E-state index in [1.165, 1.54) is 0 Å². The molecule has 0 aliphatic heterocycles. The summed E-state index contributed by atoms with van der Waals surface area (Å²) >= 11 is 0. The van der Waals surface area contributed by atoms with Gasteiger partial charge in [0.25, 0.3) is 0 Å². The Morgan fingerprint density at radius 2 is 1.89 bits per heavy atom. The minimum atomic E-state index is -0.299. The summed E-state index contributed by atoms with van der Waals surface area (Å²) in [5.41, 5.74) is 2.93. The molecule has 1 N–H and O–H groups in total. The zero-order chi connectivity index (χ0) is 19.1. The van der Waals surface area contributed by atoms with Crippen LogP contribution in [0, 0.1) is 0 Å². The second-order valence-corrected chi connectivity index (χ2v) is 6.27. The molecule has 1 atom stereocenters. The predicted molar refractivity (Wildman–Crippen MR) is 105 cm³/mol. The highest BCUT2D eigenvalue weighted by atomic mass is 16.5. The van der Waals surface area contributed by atoms with Gasteiger partial charge in [-0.1, -0.05) is 19.1 Å². The van der Waals surface area contributed by atoms with Crippen molar-refractivity contribution in [2.75, 3.05) is 7.11 Å². The van der Waals surface area contributed by atoms with E-state index in [2.05, 4.69) is 9.97 Å². The number of aliphatic hydroxyl groups is 1. The van der Waals surface area contributed by atoms with Gasteiger partial charge in [-0.3, -0.25) is 4.98 Å². The quantitative estimate of drug-likeness (QED) is 0.630. The molecule has 0 fully saturated rings. The van der Waals surface area contributed by atoms with Crippen molar-refractivity contribution in [1.82, 2.24) is 9.97 Å². The molecule has 0 bridgehead atoms. The minimum Gasteiger partial charge on any atom is -0.481 e. The van der Waals surface area contributed by atoms with E-state index in [0.717, 1.165) is 41.0 Å². The highest BCUT2D eigenvalue weighted by Gasteiger charge is 2.10. The smallest absolute Gasteiger partial charge is 0.221 e. The number of aryl methyl sites for hydroxylation is 1. The Labute approximate surface area is 159 Å². The summed E-state index contributed by atoms with van der Waals surface area (Å²) in [7, 11) is 1.61. The average molecular weight is 364 g/mol. The van der Waals surface area contributed by atoms with Gasteiger partial charge in [-0.2, -0.15) is 0 Å². The van der Waals surface area contributed by atoms with Gasteiger partial charge in [-0.05, 0) is 55.2 Å². The largest absolute Gasteiger partial charge is 0.481 e. The van der Waals surface area contributed by atoms with E-state index < -0.39 is 0 Å². The molecule has 5 heteroatoms. The van der Waals surface area contributed by atoms with Crippen molar-refractivity contribution < 1.29 is 14.6 Å². The molecule has 1 aromatic carbocycles. The zero-order valence-electron chi connectivity index (χ0n) is 15.6. The van der Waals surface area contributed by atoms with Gasteiger partial charge in [0, 0.05) is 29.7 Å². The maximum atomic E-state index is 9.80. The third kappa shape index (κ3) is 4.83. The Bertz CT molecular complexity index is 865.